The summed E-state index contributed by atoms with van der Waals surface area (Å²) in [4.78, 5) is 26.8. The van der Waals surface area contributed by atoms with E-state index in [4.69, 9.17) is 4.42 Å². The fourth-order valence-corrected chi connectivity index (χ4v) is 3.45. The number of amides is 1. The van der Waals surface area contributed by atoms with E-state index in [2.05, 4.69) is 0 Å². The highest BCUT2D eigenvalue weighted by Crippen LogP contribution is 2.43. The third-order valence-electron chi connectivity index (χ3n) is 4.72. The zero-order valence-electron chi connectivity index (χ0n) is 15.2. The van der Waals surface area contributed by atoms with Gasteiger partial charge in [-0.2, -0.15) is 0 Å². The molecule has 29 heavy (non-hydrogen) atoms. The van der Waals surface area contributed by atoms with E-state index in [-0.39, 0.29) is 17.0 Å². The van der Waals surface area contributed by atoms with E-state index in [1.807, 2.05) is 13.0 Å². The summed E-state index contributed by atoms with van der Waals surface area (Å²) >= 11 is 0. The second-order valence-electron chi connectivity index (χ2n) is 6.66. The van der Waals surface area contributed by atoms with Crippen LogP contribution in [0.2, 0.25) is 0 Å². The zero-order chi connectivity index (χ0) is 20.7. The summed E-state index contributed by atoms with van der Waals surface area (Å²) in [5.41, 5.74) is 0.640. The van der Waals surface area contributed by atoms with E-state index < -0.39 is 35.1 Å². The van der Waals surface area contributed by atoms with Crippen LogP contribution in [0.15, 0.2) is 76.6 Å². The van der Waals surface area contributed by atoms with Gasteiger partial charge in [0.05, 0.1) is 23.6 Å². The molecule has 1 aromatic heterocycles. The van der Waals surface area contributed by atoms with Gasteiger partial charge in [0.15, 0.2) is 11.5 Å². The summed E-state index contributed by atoms with van der Waals surface area (Å²) < 4.78 is 33.5. The van der Waals surface area contributed by atoms with Crippen LogP contribution < -0.4 is 4.90 Å². The Kier molecular flexibility index (Phi) is 4.50. The van der Waals surface area contributed by atoms with E-state index in [0.717, 1.165) is 28.7 Å². The van der Waals surface area contributed by atoms with Crippen molar-refractivity contribution in [1.29, 1.82) is 0 Å². The van der Waals surface area contributed by atoms with Crippen LogP contribution in [0.1, 0.15) is 27.7 Å². The fraction of sp³-hybridized carbons (Fsp3) is 0.0909. The summed E-state index contributed by atoms with van der Waals surface area (Å²) in [7, 11) is 0. The predicted octanol–water partition coefficient (Wildman–Crippen LogP) is 4.65. The number of nitrogens with zero attached hydrogens (tertiary/aromatic N) is 1. The number of benzene rings is 2. The van der Waals surface area contributed by atoms with Crippen LogP contribution in [-0.2, 0) is 4.79 Å². The number of rotatable bonds is 4. The molecule has 0 spiro atoms. The molecule has 4 rings (SSSR count). The number of carbonyl (C=O) groups excluding carboxylic acids is 2. The first-order valence-corrected chi connectivity index (χ1v) is 8.75. The van der Waals surface area contributed by atoms with Crippen molar-refractivity contribution in [3.05, 3.63) is 101 Å². The van der Waals surface area contributed by atoms with Crippen molar-refractivity contribution in [3.63, 3.8) is 0 Å². The maximum absolute atomic E-state index is 14.5. The summed E-state index contributed by atoms with van der Waals surface area (Å²) in [6, 6.07) is 11.3. The van der Waals surface area contributed by atoms with Crippen LogP contribution in [0.25, 0.3) is 0 Å². The number of aliphatic hydroxyl groups excluding tert-OH is 1. The highest BCUT2D eigenvalue weighted by Gasteiger charge is 2.46. The maximum atomic E-state index is 14.5. The third-order valence-corrected chi connectivity index (χ3v) is 4.72. The number of aryl methyl sites for hydroxylation is 1. The van der Waals surface area contributed by atoms with Gasteiger partial charge in [0.2, 0.25) is 5.78 Å². The molecule has 0 aliphatic carbocycles. The van der Waals surface area contributed by atoms with E-state index in [0.29, 0.717) is 5.56 Å². The second kappa shape index (κ2) is 7.01. The normalized spacial score (nSPS) is 16.6. The van der Waals surface area contributed by atoms with Gasteiger partial charge in [0.1, 0.15) is 11.6 Å². The van der Waals surface area contributed by atoms with Gasteiger partial charge in [-0.05, 0) is 36.8 Å². The molecule has 0 fully saturated rings. The number of furan rings is 1. The molecule has 146 valence electrons. The van der Waals surface area contributed by atoms with E-state index in [9.17, 15) is 23.5 Å². The smallest absolute Gasteiger partial charge is 0.294 e. The van der Waals surface area contributed by atoms with Crippen molar-refractivity contribution in [3.8, 4) is 0 Å². The lowest BCUT2D eigenvalue weighted by molar-refractivity contribution is -0.117. The number of Topliss-reactive ketones (excluding diaryl/α,β-unsaturated/α-hetero) is 1. The van der Waals surface area contributed by atoms with Gasteiger partial charge >= 0.3 is 0 Å². The molecule has 0 radical (unpaired) electrons. The summed E-state index contributed by atoms with van der Waals surface area (Å²) in [6.45, 7) is 1.81. The average molecular weight is 395 g/mol. The van der Waals surface area contributed by atoms with Crippen LogP contribution in [0.4, 0.5) is 14.5 Å². The Morgan fingerprint density at radius 1 is 1.10 bits per heavy atom. The maximum Gasteiger partial charge on any atom is 0.294 e. The Hall–Kier alpha value is -3.74. The molecule has 1 unspecified atom stereocenters. The molecule has 3 aromatic rings. The summed E-state index contributed by atoms with van der Waals surface area (Å²) in [5, 5.41) is 10.5. The minimum Gasteiger partial charge on any atom is -0.503 e. The van der Waals surface area contributed by atoms with Crippen LogP contribution >= 0.6 is 0 Å². The van der Waals surface area contributed by atoms with Crippen molar-refractivity contribution >= 4 is 17.4 Å². The summed E-state index contributed by atoms with van der Waals surface area (Å²) in [5.74, 6) is -4.26. The number of anilines is 1. The molecule has 1 atom stereocenters. The Labute approximate surface area is 164 Å². The zero-order valence-corrected chi connectivity index (χ0v) is 15.2. The highest BCUT2D eigenvalue weighted by molar-refractivity contribution is 6.20. The second-order valence-corrected chi connectivity index (χ2v) is 6.66. The lowest BCUT2D eigenvalue weighted by Crippen LogP contribution is -2.32. The molecule has 1 aliphatic rings. The monoisotopic (exact) mass is 395 g/mol. The first-order valence-electron chi connectivity index (χ1n) is 8.75. The number of hydrogen-bond acceptors (Lipinski definition) is 4. The molecule has 0 bridgehead atoms. The van der Waals surface area contributed by atoms with Crippen molar-refractivity contribution in [2.24, 2.45) is 0 Å². The standard InChI is InChI=1S/C22H15F2NO4/c1-12-4-2-5-13(10-12)19-18(20(26)17-6-3-9-29-17)21(27)22(28)25(19)16-11-14(23)7-8-15(16)24/h2-11,19,27H,1H3. The lowest BCUT2D eigenvalue weighted by atomic mass is 9.94. The molecular weight excluding hydrogens is 380 g/mol. The first-order chi connectivity index (χ1) is 13.9. The van der Waals surface area contributed by atoms with Crippen molar-refractivity contribution in [1.82, 2.24) is 0 Å². The lowest BCUT2D eigenvalue weighted by Gasteiger charge is -2.27. The summed E-state index contributed by atoms with van der Waals surface area (Å²) in [6.07, 6.45) is 1.29. The minimum absolute atomic E-state index is 0.0847. The number of ketones is 1. The van der Waals surface area contributed by atoms with Gasteiger partial charge in [-0.15, -0.1) is 0 Å². The van der Waals surface area contributed by atoms with Gasteiger partial charge in [0.25, 0.3) is 5.91 Å². The fourth-order valence-electron chi connectivity index (χ4n) is 3.45. The first kappa shape index (κ1) is 18.6. The quantitative estimate of drug-likeness (QED) is 0.653. The molecule has 1 N–H and O–H groups in total. The molecule has 1 aliphatic heterocycles. The Bertz CT molecular complexity index is 1150. The number of aliphatic hydroxyl groups is 1. The van der Waals surface area contributed by atoms with E-state index in [1.165, 1.54) is 18.4 Å². The molecule has 0 saturated carbocycles. The van der Waals surface area contributed by atoms with Crippen LogP contribution in [0.5, 0.6) is 0 Å². The molecule has 2 aromatic carbocycles. The number of hydrogen-bond donors (Lipinski definition) is 1. The highest BCUT2D eigenvalue weighted by atomic mass is 19.1. The topological polar surface area (TPSA) is 70.7 Å². The van der Waals surface area contributed by atoms with E-state index >= 15 is 0 Å². The van der Waals surface area contributed by atoms with Crippen molar-refractivity contribution in [2.45, 2.75) is 13.0 Å². The van der Waals surface area contributed by atoms with Gasteiger partial charge in [-0.1, -0.05) is 29.8 Å². The van der Waals surface area contributed by atoms with Crippen molar-refractivity contribution in [2.75, 3.05) is 4.90 Å². The van der Waals surface area contributed by atoms with Gasteiger partial charge < -0.3 is 9.52 Å². The molecule has 0 saturated heterocycles. The number of carbonyl (C=O) groups is 2. The Balaban J connectivity index is 1.94. The average Bonchev–Trinajstić information content (AvgIpc) is 3.31. The van der Waals surface area contributed by atoms with Crippen LogP contribution in [0, 0.1) is 18.6 Å². The van der Waals surface area contributed by atoms with Crippen molar-refractivity contribution < 1.29 is 27.9 Å². The van der Waals surface area contributed by atoms with E-state index in [1.54, 1.807) is 18.2 Å². The third kappa shape index (κ3) is 3.10. The molecular formula is C22H15F2NO4. The van der Waals surface area contributed by atoms with Gasteiger partial charge in [-0.3, -0.25) is 14.5 Å². The molecule has 5 nitrogen and oxygen atoms in total. The van der Waals surface area contributed by atoms with Crippen LogP contribution in [-0.4, -0.2) is 16.8 Å². The SMILES string of the molecule is Cc1cccc(C2C(C(=O)c3ccco3)=C(O)C(=O)N2c2cc(F)ccc2F)c1. The van der Waals surface area contributed by atoms with Gasteiger partial charge in [-0.25, -0.2) is 8.78 Å². The molecule has 1 amide bonds. The Morgan fingerprint density at radius 3 is 2.59 bits per heavy atom. The van der Waals surface area contributed by atoms with Crippen LogP contribution in [0.3, 0.4) is 0 Å². The minimum atomic E-state index is -1.16. The predicted molar refractivity (Wildman–Crippen MR) is 100 cm³/mol. The largest absolute Gasteiger partial charge is 0.503 e. The Morgan fingerprint density at radius 2 is 1.90 bits per heavy atom. The van der Waals surface area contributed by atoms with Gasteiger partial charge in [0, 0.05) is 6.07 Å². The number of halogens is 2. The molecule has 7 heteroatoms. The molecule has 2 heterocycles.